The maximum atomic E-state index is 15.5. The van der Waals surface area contributed by atoms with Gasteiger partial charge in [0.05, 0.1) is 11.0 Å². The van der Waals surface area contributed by atoms with Gasteiger partial charge in [-0.3, -0.25) is 0 Å². The van der Waals surface area contributed by atoms with Crippen LogP contribution in [-0.2, 0) is 10.0 Å². The number of hydrogen-bond acceptors (Lipinski definition) is 6. The van der Waals surface area contributed by atoms with Gasteiger partial charge in [-0.1, -0.05) is 32.8 Å². The summed E-state index contributed by atoms with van der Waals surface area (Å²) in [5.41, 5.74) is 1.67. The molecule has 0 amide bonds. The van der Waals surface area contributed by atoms with Gasteiger partial charge in [-0.05, 0) is 50.2 Å². The molecule has 0 atom stereocenters. The van der Waals surface area contributed by atoms with Crippen LogP contribution in [0.5, 0.6) is 0 Å². The van der Waals surface area contributed by atoms with Gasteiger partial charge in [-0.2, -0.15) is 9.29 Å². The van der Waals surface area contributed by atoms with E-state index in [2.05, 4.69) is 14.9 Å². The maximum absolute atomic E-state index is 15.5. The van der Waals surface area contributed by atoms with Crippen LogP contribution in [-0.4, -0.2) is 58.1 Å². The molecular weight excluding hydrogens is 493 g/mol. The van der Waals surface area contributed by atoms with Crippen molar-refractivity contribution in [1.82, 2.24) is 18.8 Å². The molecule has 200 valence electrons. The van der Waals surface area contributed by atoms with Crippen LogP contribution in [0.25, 0.3) is 22.2 Å². The Kier molecular flexibility index (Phi) is 7.51. The topological polar surface area (TPSA) is 100 Å². The van der Waals surface area contributed by atoms with Crippen molar-refractivity contribution in [2.45, 2.75) is 75.8 Å². The number of rotatable bonds is 10. The molecule has 2 aromatic heterocycles. The van der Waals surface area contributed by atoms with Crippen LogP contribution in [0.15, 0.2) is 35.5 Å². The average molecular weight is 530 g/mol. The molecule has 0 aliphatic heterocycles. The molecule has 2 N–H and O–H groups in total. The van der Waals surface area contributed by atoms with E-state index in [0.717, 1.165) is 48.8 Å². The fourth-order valence-corrected chi connectivity index (χ4v) is 6.80. The van der Waals surface area contributed by atoms with Crippen molar-refractivity contribution in [3.8, 4) is 11.1 Å². The first kappa shape index (κ1) is 26.1. The molecule has 37 heavy (non-hydrogen) atoms. The molecule has 0 unspecified atom stereocenters. The van der Waals surface area contributed by atoms with Crippen LogP contribution in [0.4, 0.5) is 10.3 Å². The van der Waals surface area contributed by atoms with E-state index in [1.807, 2.05) is 6.20 Å². The summed E-state index contributed by atoms with van der Waals surface area (Å²) in [7, 11) is -3.77. The summed E-state index contributed by atoms with van der Waals surface area (Å²) >= 11 is 0. The van der Waals surface area contributed by atoms with E-state index in [1.165, 1.54) is 29.3 Å². The van der Waals surface area contributed by atoms with Crippen molar-refractivity contribution in [3.05, 3.63) is 36.4 Å². The molecule has 0 bridgehead atoms. The van der Waals surface area contributed by atoms with Crippen LogP contribution < -0.4 is 5.32 Å². The fraction of sp³-hybridized carbons (Fsp3) is 0.556. The minimum atomic E-state index is -3.77. The number of halogens is 1. The van der Waals surface area contributed by atoms with E-state index in [0.29, 0.717) is 43.0 Å². The van der Waals surface area contributed by atoms with Crippen molar-refractivity contribution in [1.29, 1.82) is 0 Å². The molecule has 2 aliphatic carbocycles. The van der Waals surface area contributed by atoms with Gasteiger partial charge in [0, 0.05) is 54.6 Å². The number of benzene rings is 1. The third-order valence-electron chi connectivity index (χ3n) is 7.74. The van der Waals surface area contributed by atoms with Crippen molar-refractivity contribution in [2.24, 2.45) is 5.92 Å². The lowest BCUT2D eigenvalue weighted by Gasteiger charge is -2.27. The smallest absolute Gasteiger partial charge is 0.243 e. The summed E-state index contributed by atoms with van der Waals surface area (Å²) in [6.45, 7) is 4.98. The molecule has 2 saturated carbocycles. The lowest BCUT2D eigenvalue weighted by molar-refractivity contribution is 0.111. The lowest BCUT2D eigenvalue weighted by Crippen LogP contribution is -2.30. The third-order valence-corrected chi connectivity index (χ3v) is 9.78. The SMILES string of the molecule is CCN(CC)S(=O)(=O)c1ccc(-c2cn(C3CCC(O)CC3)c3nc(NCCC4CC4)ncc23)c(F)c1. The molecule has 5 rings (SSSR count). The van der Waals surface area contributed by atoms with Crippen molar-refractivity contribution in [3.63, 3.8) is 0 Å². The lowest BCUT2D eigenvalue weighted by atomic mass is 9.93. The Morgan fingerprint density at radius 3 is 2.49 bits per heavy atom. The minimum Gasteiger partial charge on any atom is -0.393 e. The minimum absolute atomic E-state index is 0.0548. The second kappa shape index (κ2) is 10.7. The number of aliphatic hydroxyl groups excluding tert-OH is 1. The van der Waals surface area contributed by atoms with Crippen molar-refractivity contribution < 1.29 is 17.9 Å². The van der Waals surface area contributed by atoms with E-state index >= 15 is 4.39 Å². The fourth-order valence-electron chi connectivity index (χ4n) is 5.33. The Morgan fingerprint density at radius 2 is 1.84 bits per heavy atom. The molecule has 0 saturated heterocycles. The van der Waals surface area contributed by atoms with Crippen molar-refractivity contribution in [2.75, 3.05) is 25.0 Å². The standard InChI is InChI=1S/C27H36FN5O3S/c1-3-32(4-2)37(35,36)21-11-12-22(25(28)15-21)24-17-33(19-7-9-20(34)10-8-19)26-23(24)16-30-27(31-26)29-14-13-18-5-6-18/h11-12,15-20,34H,3-10,13-14H2,1-2H3,(H,29,30,31). The number of aromatic nitrogens is 3. The highest BCUT2D eigenvalue weighted by Gasteiger charge is 2.27. The Balaban J connectivity index is 1.53. The molecule has 0 spiro atoms. The first-order chi connectivity index (χ1) is 17.8. The van der Waals surface area contributed by atoms with Crippen LogP contribution in [0.2, 0.25) is 0 Å². The van der Waals surface area contributed by atoms with Gasteiger partial charge in [-0.15, -0.1) is 0 Å². The van der Waals surface area contributed by atoms with E-state index < -0.39 is 15.8 Å². The monoisotopic (exact) mass is 529 g/mol. The highest BCUT2D eigenvalue weighted by Crippen LogP contribution is 2.38. The Bertz CT molecular complexity index is 1360. The zero-order valence-corrected chi connectivity index (χ0v) is 22.3. The first-order valence-corrected chi connectivity index (χ1v) is 14.8. The third kappa shape index (κ3) is 5.37. The maximum Gasteiger partial charge on any atom is 0.243 e. The van der Waals surface area contributed by atoms with Gasteiger partial charge in [-0.25, -0.2) is 17.8 Å². The van der Waals surface area contributed by atoms with Crippen molar-refractivity contribution >= 4 is 27.0 Å². The van der Waals surface area contributed by atoms with E-state index in [1.54, 1.807) is 20.0 Å². The highest BCUT2D eigenvalue weighted by atomic mass is 32.2. The number of anilines is 1. The summed E-state index contributed by atoms with van der Waals surface area (Å²) in [6, 6.07) is 4.26. The van der Waals surface area contributed by atoms with E-state index in [4.69, 9.17) is 4.98 Å². The molecule has 3 aromatic rings. The summed E-state index contributed by atoms with van der Waals surface area (Å²) < 4.78 is 44.8. The molecule has 10 heteroatoms. The normalized spacial score (nSPS) is 20.6. The molecule has 8 nitrogen and oxygen atoms in total. The van der Waals surface area contributed by atoms with Gasteiger partial charge in [0.15, 0.2) is 0 Å². The number of nitrogens with one attached hydrogen (secondary N) is 1. The van der Waals surface area contributed by atoms with Crippen LogP contribution in [0.1, 0.15) is 64.8 Å². The number of fused-ring (bicyclic) bond motifs is 1. The predicted octanol–water partition coefficient (Wildman–Crippen LogP) is 4.96. The molecule has 2 aliphatic rings. The molecule has 2 fully saturated rings. The summed E-state index contributed by atoms with van der Waals surface area (Å²) in [6.07, 6.45) is 10.1. The number of nitrogens with zero attached hydrogens (tertiary/aromatic N) is 4. The summed E-state index contributed by atoms with van der Waals surface area (Å²) in [4.78, 5) is 9.28. The zero-order valence-electron chi connectivity index (χ0n) is 21.5. The van der Waals surface area contributed by atoms with Gasteiger partial charge in [0.1, 0.15) is 11.5 Å². The van der Waals surface area contributed by atoms with Crippen LogP contribution in [0, 0.1) is 11.7 Å². The summed E-state index contributed by atoms with van der Waals surface area (Å²) in [5, 5.41) is 14.1. The Hall–Kier alpha value is -2.56. The number of hydrogen-bond donors (Lipinski definition) is 2. The number of sulfonamides is 1. The average Bonchev–Trinajstić information content (AvgIpc) is 3.64. The molecule has 1 aromatic carbocycles. The number of aliphatic hydroxyl groups is 1. The molecule has 2 heterocycles. The second-order valence-corrected chi connectivity index (χ2v) is 12.2. The highest BCUT2D eigenvalue weighted by molar-refractivity contribution is 7.89. The van der Waals surface area contributed by atoms with Gasteiger partial charge < -0.3 is 15.0 Å². The molecular formula is C27H36FN5O3S. The largest absolute Gasteiger partial charge is 0.393 e. The Labute approximate surface area is 218 Å². The second-order valence-electron chi connectivity index (χ2n) is 10.2. The summed E-state index contributed by atoms with van der Waals surface area (Å²) in [5.74, 6) is 0.755. The van der Waals surface area contributed by atoms with Gasteiger partial charge in [0.25, 0.3) is 0 Å². The van der Waals surface area contributed by atoms with E-state index in [9.17, 15) is 13.5 Å². The molecule has 0 radical (unpaired) electrons. The zero-order chi connectivity index (χ0) is 26.2. The Morgan fingerprint density at radius 1 is 1.11 bits per heavy atom. The first-order valence-electron chi connectivity index (χ1n) is 13.4. The van der Waals surface area contributed by atoms with Gasteiger partial charge >= 0.3 is 0 Å². The van der Waals surface area contributed by atoms with E-state index in [-0.39, 0.29) is 17.0 Å². The van der Waals surface area contributed by atoms with Gasteiger partial charge in [0.2, 0.25) is 16.0 Å². The van der Waals surface area contributed by atoms with Crippen LogP contribution in [0.3, 0.4) is 0 Å². The van der Waals surface area contributed by atoms with Crippen LogP contribution >= 0.6 is 0 Å². The predicted molar refractivity (Wildman–Crippen MR) is 142 cm³/mol. The quantitative estimate of drug-likeness (QED) is 0.385.